The summed E-state index contributed by atoms with van der Waals surface area (Å²) < 4.78 is 1.74. The molecule has 2 amide bonds. The van der Waals surface area contributed by atoms with Gasteiger partial charge < -0.3 is 10.2 Å². The smallest absolute Gasteiger partial charge is 0.253 e. The maximum Gasteiger partial charge on any atom is 0.253 e. The van der Waals surface area contributed by atoms with Crippen LogP contribution >= 0.6 is 0 Å². The Hall–Kier alpha value is -2.70. The number of carbonyl (C=O) groups is 2. The zero-order valence-corrected chi connectivity index (χ0v) is 16.8. The number of rotatable bonds is 5. The lowest BCUT2D eigenvalue weighted by Gasteiger charge is -2.33. The van der Waals surface area contributed by atoms with Gasteiger partial charge in [0.25, 0.3) is 5.91 Å². The summed E-state index contributed by atoms with van der Waals surface area (Å²) in [6, 6.07) is 5.00. The summed E-state index contributed by atoms with van der Waals surface area (Å²) >= 11 is 0. The van der Waals surface area contributed by atoms with Gasteiger partial charge in [-0.05, 0) is 69.1 Å². The average molecular weight is 393 g/mol. The van der Waals surface area contributed by atoms with Crippen molar-refractivity contribution in [2.24, 2.45) is 5.41 Å². The van der Waals surface area contributed by atoms with Gasteiger partial charge >= 0.3 is 0 Å². The molecule has 3 heterocycles. The second-order valence-corrected chi connectivity index (χ2v) is 8.88. The molecule has 7 heteroatoms. The summed E-state index contributed by atoms with van der Waals surface area (Å²) in [5.41, 5.74) is 2.08. The molecule has 1 aliphatic heterocycles. The number of nitrogens with one attached hydrogen (secondary N) is 1. The van der Waals surface area contributed by atoms with E-state index in [9.17, 15) is 9.59 Å². The minimum absolute atomic E-state index is 0.00239. The van der Waals surface area contributed by atoms with Crippen molar-refractivity contribution in [3.63, 3.8) is 0 Å². The van der Waals surface area contributed by atoms with Crippen molar-refractivity contribution in [1.29, 1.82) is 0 Å². The normalized spacial score (nSPS) is 21.1. The number of hydrogen-bond acceptors (Lipinski definition) is 4. The molecule has 1 atom stereocenters. The molecule has 0 bridgehead atoms. The molecule has 2 saturated carbocycles. The maximum atomic E-state index is 12.7. The standard InChI is InChI=1S/C22H27N5O2/c1-15(21(29)26-12-9-22(7-8-22)10-13-26)24-20(28)17-4-5-19(23-14-17)27-11-6-18(25-27)16-2-3-16/h4-6,11,14-16H,2-3,7-10,12-13H2,1H3,(H,24,28)/t15-/m1/s1. The summed E-state index contributed by atoms with van der Waals surface area (Å²) in [6.07, 6.45) is 10.7. The molecule has 2 aromatic heterocycles. The Bertz CT molecular complexity index is 917. The van der Waals surface area contributed by atoms with Crippen molar-refractivity contribution >= 4 is 11.8 Å². The van der Waals surface area contributed by atoms with Crippen LogP contribution in [-0.4, -0.2) is 50.6 Å². The largest absolute Gasteiger partial charge is 0.341 e. The summed E-state index contributed by atoms with van der Waals surface area (Å²) in [4.78, 5) is 31.5. The van der Waals surface area contributed by atoms with Crippen molar-refractivity contribution in [2.75, 3.05) is 13.1 Å². The third kappa shape index (κ3) is 3.78. The Balaban J connectivity index is 1.18. The first-order chi connectivity index (χ1) is 14.0. The molecule has 1 saturated heterocycles. The van der Waals surface area contributed by atoms with Crippen LogP contribution in [0.15, 0.2) is 30.6 Å². The van der Waals surface area contributed by atoms with Crippen LogP contribution in [0.5, 0.6) is 0 Å². The van der Waals surface area contributed by atoms with E-state index in [-0.39, 0.29) is 11.8 Å². The van der Waals surface area contributed by atoms with Gasteiger partial charge in [0.05, 0.1) is 11.3 Å². The molecule has 0 unspecified atom stereocenters. The quantitative estimate of drug-likeness (QED) is 0.847. The number of nitrogens with zero attached hydrogens (tertiary/aromatic N) is 4. The summed E-state index contributed by atoms with van der Waals surface area (Å²) in [7, 11) is 0. The van der Waals surface area contributed by atoms with E-state index in [1.165, 1.54) is 31.9 Å². The van der Waals surface area contributed by atoms with E-state index in [1.807, 2.05) is 17.2 Å². The predicted octanol–water partition coefficient (Wildman–Crippen LogP) is 2.67. The summed E-state index contributed by atoms with van der Waals surface area (Å²) in [5, 5.41) is 7.38. The second kappa shape index (κ2) is 6.97. The Labute approximate surface area is 170 Å². The van der Waals surface area contributed by atoms with Crippen LogP contribution < -0.4 is 5.32 Å². The average Bonchev–Trinajstić information content (AvgIpc) is 3.68. The fourth-order valence-corrected chi connectivity index (χ4v) is 4.21. The molecule has 5 rings (SSSR count). The third-order valence-electron chi connectivity index (χ3n) is 6.66. The van der Waals surface area contributed by atoms with Crippen LogP contribution in [0.4, 0.5) is 0 Å². The minimum Gasteiger partial charge on any atom is -0.341 e. The van der Waals surface area contributed by atoms with Gasteiger partial charge in [-0.25, -0.2) is 9.67 Å². The highest BCUT2D eigenvalue weighted by Gasteiger charge is 2.45. The summed E-state index contributed by atoms with van der Waals surface area (Å²) in [5.74, 6) is 0.997. The van der Waals surface area contributed by atoms with Crippen LogP contribution in [0.2, 0.25) is 0 Å². The van der Waals surface area contributed by atoms with Crippen molar-refractivity contribution in [2.45, 2.75) is 57.4 Å². The van der Waals surface area contributed by atoms with Crippen molar-refractivity contribution in [1.82, 2.24) is 25.0 Å². The molecule has 7 nitrogen and oxygen atoms in total. The van der Waals surface area contributed by atoms with Gasteiger partial charge in [0.2, 0.25) is 5.91 Å². The van der Waals surface area contributed by atoms with Gasteiger partial charge in [-0.3, -0.25) is 9.59 Å². The third-order valence-corrected chi connectivity index (χ3v) is 6.66. The van der Waals surface area contributed by atoms with Gasteiger partial charge in [0.15, 0.2) is 5.82 Å². The first kappa shape index (κ1) is 18.3. The number of likely N-dealkylation sites (tertiary alicyclic amines) is 1. The number of hydrogen-bond donors (Lipinski definition) is 1. The Morgan fingerprint density at radius 3 is 2.52 bits per heavy atom. The van der Waals surface area contributed by atoms with Gasteiger partial charge in [0.1, 0.15) is 6.04 Å². The maximum absolute atomic E-state index is 12.7. The van der Waals surface area contributed by atoms with E-state index in [2.05, 4.69) is 15.4 Å². The molecule has 3 fully saturated rings. The molecular formula is C22H27N5O2. The lowest BCUT2D eigenvalue weighted by molar-refractivity contribution is -0.134. The number of piperidine rings is 1. The van der Waals surface area contributed by atoms with E-state index >= 15 is 0 Å². The predicted molar refractivity (Wildman–Crippen MR) is 108 cm³/mol. The fraction of sp³-hybridized carbons (Fsp3) is 0.545. The first-order valence-corrected chi connectivity index (χ1v) is 10.6. The van der Waals surface area contributed by atoms with Crippen LogP contribution in [0, 0.1) is 5.41 Å². The van der Waals surface area contributed by atoms with Gasteiger partial charge in [-0.15, -0.1) is 0 Å². The van der Waals surface area contributed by atoms with Crippen LogP contribution in [0.1, 0.15) is 67.4 Å². The van der Waals surface area contributed by atoms with E-state index in [4.69, 9.17) is 0 Å². The van der Waals surface area contributed by atoms with Crippen LogP contribution in [0.3, 0.4) is 0 Å². The molecule has 29 heavy (non-hydrogen) atoms. The molecule has 152 valence electrons. The zero-order valence-electron chi connectivity index (χ0n) is 16.8. The highest BCUT2D eigenvalue weighted by molar-refractivity contribution is 5.97. The molecule has 0 aromatic carbocycles. The number of aromatic nitrogens is 3. The SMILES string of the molecule is C[C@@H](NC(=O)c1ccc(-n2ccc(C3CC3)n2)nc1)C(=O)N1CCC2(CC1)CC2. The topological polar surface area (TPSA) is 80.1 Å². The van der Waals surface area contributed by atoms with E-state index in [0.29, 0.717) is 22.7 Å². The monoisotopic (exact) mass is 393 g/mol. The van der Waals surface area contributed by atoms with Gasteiger partial charge in [0, 0.05) is 31.4 Å². The van der Waals surface area contributed by atoms with E-state index in [0.717, 1.165) is 31.6 Å². The van der Waals surface area contributed by atoms with Crippen LogP contribution in [0.25, 0.3) is 5.82 Å². The van der Waals surface area contributed by atoms with E-state index in [1.54, 1.807) is 23.7 Å². The van der Waals surface area contributed by atoms with Gasteiger partial charge in [-0.2, -0.15) is 5.10 Å². The highest BCUT2D eigenvalue weighted by atomic mass is 16.2. The second-order valence-electron chi connectivity index (χ2n) is 8.88. The lowest BCUT2D eigenvalue weighted by Crippen LogP contribution is -2.49. The Kier molecular flexibility index (Phi) is 4.41. The summed E-state index contributed by atoms with van der Waals surface area (Å²) in [6.45, 7) is 3.37. The molecule has 1 N–H and O–H groups in total. The first-order valence-electron chi connectivity index (χ1n) is 10.6. The fourth-order valence-electron chi connectivity index (χ4n) is 4.21. The minimum atomic E-state index is -0.539. The molecule has 1 spiro atoms. The van der Waals surface area contributed by atoms with Crippen LogP contribution in [-0.2, 0) is 4.79 Å². The molecule has 0 radical (unpaired) electrons. The van der Waals surface area contributed by atoms with Gasteiger partial charge in [-0.1, -0.05) is 0 Å². The Morgan fingerprint density at radius 2 is 1.90 bits per heavy atom. The lowest BCUT2D eigenvalue weighted by atomic mass is 9.93. The Morgan fingerprint density at radius 1 is 1.14 bits per heavy atom. The molecular weight excluding hydrogens is 366 g/mol. The molecule has 3 aliphatic rings. The number of carbonyl (C=O) groups excluding carboxylic acids is 2. The zero-order chi connectivity index (χ0) is 20.0. The van der Waals surface area contributed by atoms with E-state index < -0.39 is 6.04 Å². The number of pyridine rings is 1. The highest BCUT2D eigenvalue weighted by Crippen LogP contribution is 2.53. The van der Waals surface area contributed by atoms with Crippen molar-refractivity contribution < 1.29 is 9.59 Å². The molecule has 2 aliphatic carbocycles. The van der Waals surface area contributed by atoms with Crippen molar-refractivity contribution in [3.05, 3.63) is 41.9 Å². The number of amides is 2. The van der Waals surface area contributed by atoms with Crippen molar-refractivity contribution in [3.8, 4) is 5.82 Å². The molecule has 2 aromatic rings.